The summed E-state index contributed by atoms with van der Waals surface area (Å²) in [7, 11) is 0. The Bertz CT molecular complexity index is 462. The van der Waals surface area contributed by atoms with E-state index in [0.717, 1.165) is 17.7 Å². The van der Waals surface area contributed by atoms with Crippen LogP contribution < -0.4 is 11.1 Å². The first-order valence-electron chi connectivity index (χ1n) is 7.90. The number of benzene rings is 1. The van der Waals surface area contributed by atoms with Gasteiger partial charge in [0.25, 0.3) is 0 Å². The molecule has 0 radical (unpaired) electrons. The lowest BCUT2D eigenvalue weighted by molar-refractivity contribution is -0.118. The number of amides is 1. The van der Waals surface area contributed by atoms with Crippen LogP contribution in [0.1, 0.15) is 44.6 Å². The molecular weight excluding hydrogens is 264 g/mol. The van der Waals surface area contributed by atoms with Crippen molar-refractivity contribution in [3.8, 4) is 0 Å². The largest absolute Gasteiger partial charge is 0.377 e. The van der Waals surface area contributed by atoms with Crippen LogP contribution >= 0.6 is 0 Å². The van der Waals surface area contributed by atoms with Gasteiger partial charge in [0.15, 0.2) is 0 Å². The normalized spacial score (nSPS) is 22.0. The van der Waals surface area contributed by atoms with Crippen LogP contribution in [0.5, 0.6) is 0 Å². The number of hydrogen-bond donors (Lipinski definition) is 2. The van der Waals surface area contributed by atoms with Crippen LogP contribution in [-0.2, 0) is 16.1 Å². The van der Waals surface area contributed by atoms with Gasteiger partial charge in [-0.05, 0) is 30.4 Å². The van der Waals surface area contributed by atoms with Crippen LogP contribution in [0.25, 0.3) is 0 Å². The summed E-state index contributed by atoms with van der Waals surface area (Å²) in [5, 5.41) is 2.91. The first-order valence-corrected chi connectivity index (χ1v) is 7.90. The second kappa shape index (κ2) is 8.15. The van der Waals surface area contributed by atoms with Crippen LogP contribution in [0, 0.1) is 5.92 Å². The number of nitrogens with two attached hydrogens (primary N) is 1. The molecule has 0 aromatic heterocycles. The molecule has 1 aromatic rings. The van der Waals surface area contributed by atoms with E-state index in [-0.39, 0.29) is 5.91 Å². The molecule has 0 heterocycles. The van der Waals surface area contributed by atoms with E-state index < -0.39 is 0 Å². The van der Waals surface area contributed by atoms with Crippen LogP contribution in [0.2, 0.25) is 0 Å². The number of rotatable bonds is 6. The van der Waals surface area contributed by atoms with E-state index in [2.05, 4.69) is 12.2 Å². The van der Waals surface area contributed by atoms with Crippen LogP contribution in [0.3, 0.4) is 0 Å². The molecule has 116 valence electrons. The summed E-state index contributed by atoms with van der Waals surface area (Å²) in [6.07, 6.45) is 5.62. The Morgan fingerprint density at radius 3 is 2.86 bits per heavy atom. The molecule has 0 aliphatic heterocycles. The molecule has 21 heavy (non-hydrogen) atoms. The third-order valence-electron chi connectivity index (χ3n) is 4.21. The molecule has 2 rings (SSSR count). The Morgan fingerprint density at radius 2 is 2.10 bits per heavy atom. The molecule has 1 aromatic carbocycles. The van der Waals surface area contributed by atoms with Crippen molar-refractivity contribution in [1.82, 2.24) is 0 Å². The highest BCUT2D eigenvalue weighted by molar-refractivity contribution is 5.91. The lowest BCUT2D eigenvalue weighted by Gasteiger charge is -2.28. The minimum Gasteiger partial charge on any atom is -0.377 e. The van der Waals surface area contributed by atoms with E-state index in [4.69, 9.17) is 10.5 Å². The zero-order valence-electron chi connectivity index (χ0n) is 12.8. The summed E-state index contributed by atoms with van der Waals surface area (Å²) >= 11 is 0. The predicted octanol–water partition coefficient (Wildman–Crippen LogP) is 3.07. The fourth-order valence-corrected chi connectivity index (χ4v) is 2.87. The highest BCUT2D eigenvalue weighted by Crippen LogP contribution is 2.26. The van der Waals surface area contributed by atoms with E-state index in [0.29, 0.717) is 31.6 Å². The summed E-state index contributed by atoms with van der Waals surface area (Å²) in [5.74, 6) is 0.596. The van der Waals surface area contributed by atoms with Crippen molar-refractivity contribution in [2.45, 2.75) is 51.7 Å². The van der Waals surface area contributed by atoms with Crippen molar-refractivity contribution in [2.24, 2.45) is 11.7 Å². The SMILES string of the molecule is CC1CCCCC1OCCC(=O)Nc1ccccc1CN. The molecule has 0 saturated heterocycles. The van der Waals surface area contributed by atoms with Crippen LogP contribution in [-0.4, -0.2) is 18.6 Å². The van der Waals surface area contributed by atoms with Gasteiger partial charge in [0, 0.05) is 12.2 Å². The molecule has 4 nitrogen and oxygen atoms in total. The van der Waals surface area contributed by atoms with Gasteiger partial charge in [-0.3, -0.25) is 4.79 Å². The van der Waals surface area contributed by atoms with Crippen molar-refractivity contribution in [3.05, 3.63) is 29.8 Å². The maximum atomic E-state index is 12.0. The van der Waals surface area contributed by atoms with Gasteiger partial charge in [-0.1, -0.05) is 38.0 Å². The molecule has 2 unspecified atom stereocenters. The topological polar surface area (TPSA) is 64.3 Å². The van der Waals surface area contributed by atoms with Gasteiger partial charge in [-0.2, -0.15) is 0 Å². The summed E-state index contributed by atoms with van der Waals surface area (Å²) in [6.45, 7) is 3.15. The number of hydrogen-bond acceptors (Lipinski definition) is 3. The molecule has 2 atom stereocenters. The highest BCUT2D eigenvalue weighted by atomic mass is 16.5. The molecule has 1 aliphatic carbocycles. The first-order chi connectivity index (χ1) is 10.2. The predicted molar refractivity (Wildman–Crippen MR) is 85.0 cm³/mol. The Hall–Kier alpha value is -1.39. The average molecular weight is 290 g/mol. The maximum Gasteiger partial charge on any atom is 0.226 e. The van der Waals surface area contributed by atoms with E-state index in [1.165, 1.54) is 19.3 Å². The molecule has 0 bridgehead atoms. The number of carbonyl (C=O) groups excluding carboxylic acids is 1. The van der Waals surface area contributed by atoms with Crippen molar-refractivity contribution in [3.63, 3.8) is 0 Å². The smallest absolute Gasteiger partial charge is 0.226 e. The highest BCUT2D eigenvalue weighted by Gasteiger charge is 2.21. The van der Waals surface area contributed by atoms with E-state index in [9.17, 15) is 4.79 Å². The lowest BCUT2D eigenvalue weighted by Crippen LogP contribution is -2.27. The number of nitrogens with one attached hydrogen (secondary N) is 1. The van der Waals surface area contributed by atoms with E-state index in [1.807, 2.05) is 24.3 Å². The maximum absolute atomic E-state index is 12.0. The Balaban J connectivity index is 1.74. The fraction of sp³-hybridized carbons (Fsp3) is 0.588. The standard InChI is InChI=1S/C17H26N2O2/c1-13-6-2-5-9-16(13)21-11-10-17(20)19-15-8-4-3-7-14(15)12-18/h3-4,7-8,13,16H,2,5-6,9-12,18H2,1H3,(H,19,20). The van der Waals surface area contributed by atoms with E-state index in [1.54, 1.807) is 0 Å². The Kier molecular flexibility index (Phi) is 6.21. The number of carbonyl (C=O) groups is 1. The lowest BCUT2D eigenvalue weighted by atomic mass is 9.88. The van der Waals surface area contributed by atoms with Gasteiger partial charge in [-0.25, -0.2) is 0 Å². The van der Waals surface area contributed by atoms with Crippen LogP contribution in [0.15, 0.2) is 24.3 Å². The Morgan fingerprint density at radius 1 is 1.33 bits per heavy atom. The van der Waals surface area contributed by atoms with Crippen molar-refractivity contribution in [1.29, 1.82) is 0 Å². The second-order valence-electron chi connectivity index (χ2n) is 5.83. The van der Waals surface area contributed by atoms with Crippen molar-refractivity contribution in [2.75, 3.05) is 11.9 Å². The van der Waals surface area contributed by atoms with Crippen LogP contribution in [0.4, 0.5) is 5.69 Å². The van der Waals surface area contributed by atoms with Gasteiger partial charge in [0.05, 0.1) is 19.1 Å². The van der Waals surface area contributed by atoms with Crippen molar-refractivity contribution >= 4 is 11.6 Å². The third kappa shape index (κ3) is 4.83. The average Bonchev–Trinajstić information content (AvgIpc) is 2.50. The summed E-state index contributed by atoms with van der Waals surface area (Å²) in [4.78, 5) is 12.0. The van der Waals surface area contributed by atoms with Crippen molar-refractivity contribution < 1.29 is 9.53 Å². The Labute approximate surface area is 127 Å². The van der Waals surface area contributed by atoms with Gasteiger partial charge >= 0.3 is 0 Å². The summed E-state index contributed by atoms with van der Waals surface area (Å²) in [6, 6.07) is 7.63. The monoisotopic (exact) mass is 290 g/mol. The molecule has 1 saturated carbocycles. The number of anilines is 1. The third-order valence-corrected chi connectivity index (χ3v) is 4.21. The zero-order chi connectivity index (χ0) is 15.1. The minimum atomic E-state index is -0.0145. The second-order valence-corrected chi connectivity index (χ2v) is 5.83. The molecule has 1 amide bonds. The fourth-order valence-electron chi connectivity index (χ4n) is 2.87. The molecule has 0 spiro atoms. The summed E-state index contributed by atoms with van der Waals surface area (Å²) < 4.78 is 5.87. The first kappa shape index (κ1) is 16.0. The molecular formula is C17H26N2O2. The molecule has 1 aliphatic rings. The number of para-hydroxylation sites is 1. The molecule has 4 heteroatoms. The molecule has 3 N–H and O–H groups in total. The van der Waals surface area contributed by atoms with Gasteiger partial charge in [0.1, 0.15) is 0 Å². The minimum absolute atomic E-state index is 0.0145. The number of ether oxygens (including phenoxy) is 1. The van der Waals surface area contributed by atoms with Gasteiger partial charge in [0.2, 0.25) is 5.91 Å². The van der Waals surface area contributed by atoms with Gasteiger partial charge < -0.3 is 15.8 Å². The molecule has 1 fully saturated rings. The summed E-state index contributed by atoms with van der Waals surface area (Å²) in [5.41, 5.74) is 7.42. The van der Waals surface area contributed by atoms with Gasteiger partial charge in [-0.15, -0.1) is 0 Å². The quantitative estimate of drug-likeness (QED) is 0.846. The van der Waals surface area contributed by atoms with E-state index >= 15 is 0 Å². The zero-order valence-corrected chi connectivity index (χ0v) is 12.8.